The Kier molecular flexibility index (Phi) is 6.37. The number of urea groups is 1. The van der Waals surface area contributed by atoms with Crippen molar-refractivity contribution in [2.45, 2.75) is 30.7 Å². The largest absolute Gasteiger partial charge is 0.468 e. The van der Waals surface area contributed by atoms with Crippen LogP contribution >= 0.6 is 0 Å². The summed E-state index contributed by atoms with van der Waals surface area (Å²) in [6.45, 7) is 2.05. The minimum absolute atomic E-state index is 0.142. The molecule has 0 unspecified atom stereocenters. The summed E-state index contributed by atoms with van der Waals surface area (Å²) >= 11 is 0. The zero-order chi connectivity index (χ0) is 21.9. The molecule has 1 saturated heterocycles. The molecule has 1 aliphatic heterocycles. The number of anilines is 2. The number of nitrogens with zero attached hydrogens (tertiary/aromatic N) is 1. The number of hydrogen-bond acceptors (Lipinski definition) is 5. The lowest BCUT2D eigenvalue weighted by molar-refractivity contribution is -0.144. The van der Waals surface area contributed by atoms with Gasteiger partial charge in [-0.05, 0) is 50.1 Å². The highest BCUT2D eigenvalue weighted by molar-refractivity contribution is 7.89. The van der Waals surface area contributed by atoms with Crippen molar-refractivity contribution >= 4 is 33.4 Å². The number of hydrogen-bond donors (Lipinski definition) is 2. The summed E-state index contributed by atoms with van der Waals surface area (Å²) in [5.41, 5.74) is 1.38. The maximum atomic E-state index is 14.5. The predicted molar refractivity (Wildman–Crippen MR) is 109 cm³/mol. The van der Waals surface area contributed by atoms with Crippen molar-refractivity contribution in [1.29, 1.82) is 0 Å². The molecular formula is C20H22FN3O5S. The van der Waals surface area contributed by atoms with Gasteiger partial charge in [-0.2, -0.15) is 4.31 Å². The SMILES string of the molecule is COC(=O)[C@@H]1CCCN1S(=O)(=O)c1ccc(NC(=O)Nc2ccc(C)cc2)c(F)c1. The minimum atomic E-state index is -4.10. The highest BCUT2D eigenvalue weighted by Gasteiger charge is 2.40. The molecule has 0 aliphatic carbocycles. The number of rotatable bonds is 5. The fraction of sp³-hybridized carbons (Fsp3) is 0.300. The Balaban J connectivity index is 1.75. The quantitative estimate of drug-likeness (QED) is 0.703. The first-order valence-electron chi connectivity index (χ1n) is 9.26. The van der Waals surface area contributed by atoms with E-state index in [0.717, 1.165) is 15.9 Å². The number of methoxy groups -OCH3 is 1. The average molecular weight is 435 g/mol. The van der Waals surface area contributed by atoms with Crippen molar-refractivity contribution in [2.24, 2.45) is 0 Å². The van der Waals surface area contributed by atoms with Crippen molar-refractivity contribution in [3.8, 4) is 0 Å². The summed E-state index contributed by atoms with van der Waals surface area (Å²) in [6, 6.07) is 8.62. The Morgan fingerprint density at radius 2 is 1.83 bits per heavy atom. The van der Waals surface area contributed by atoms with Crippen LogP contribution in [-0.2, 0) is 19.6 Å². The van der Waals surface area contributed by atoms with Gasteiger partial charge in [0.05, 0.1) is 17.7 Å². The van der Waals surface area contributed by atoms with Crippen molar-refractivity contribution in [2.75, 3.05) is 24.3 Å². The third-order valence-electron chi connectivity index (χ3n) is 4.78. The van der Waals surface area contributed by atoms with Gasteiger partial charge in [0.15, 0.2) is 0 Å². The summed E-state index contributed by atoms with van der Waals surface area (Å²) in [6.07, 6.45) is 0.841. The number of benzene rings is 2. The Bertz CT molecular complexity index is 1060. The summed E-state index contributed by atoms with van der Waals surface area (Å²) < 4.78 is 45.9. The second-order valence-electron chi connectivity index (χ2n) is 6.88. The molecule has 2 aromatic rings. The lowest BCUT2D eigenvalue weighted by Gasteiger charge is -2.22. The van der Waals surface area contributed by atoms with Gasteiger partial charge in [-0.15, -0.1) is 0 Å². The summed E-state index contributed by atoms with van der Waals surface area (Å²) in [7, 11) is -2.91. The molecule has 0 spiro atoms. The topological polar surface area (TPSA) is 105 Å². The fourth-order valence-electron chi connectivity index (χ4n) is 3.21. The lowest BCUT2D eigenvalue weighted by Crippen LogP contribution is -2.41. The van der Waals surface area contributed by atoms with E-state index in [1.165, 1.54) is 19.2 Å². The number of esters is 1. The number of amides is 2. The number of sulfonamides is 1. The summed E-state index contributed by atoms with van der Waals surface area (Å²) in [5.74, 6) is -1.56. The number of halogens is 1. The zero-order valence-corrected chi connectivity index (χ0v) is 17.3. The number of carbonyl (C=O) groups excluding carboxylic acids is 2. The van der Waals surface area contributed by atoms with Gasteiger partial charge in [-0.3, -0.25) is 4.79 Å². The number of carbonyl (C=O) groups is 2. The van der Waals surface area contributed by atoms with E-state index in [9.17, 15) is 22.4 Å². The third kappa shape index (κ3) is 4.60. The normalized spacial score (nSPS) is 16.8. The third-order valence-corrected chi connectivity index (χ3v) is 6.69. The number of ether oxygens (including phenoxy) is 1. The molecular weight excluding hydrogens is 413 g/mol. The molecule has 0 radical (unpaired) electrons. The van der Waals surface area contributed by atoms with Gasteiger partial charge in [-0.25, -0.2) is 17.6 Å². The van der Waals surface area contributed by atoms with E-state index < -0.39 is 33.9 Å². The predicted octanol–water partition coefficient (Wildman–Crippen LogP) is 3.10. The highest BCUT2D eigenvalue weighted by atomic mass is 32.2. The summed E-state index contributed by atoms with van der Waals surface area (Å²) in [4.78, 5) is 23.6. The maximum Gasteiger partial charge on any atom is 0.324 e. The molecule has 8 nitrogen and oxygen atoms in total. The maximum absolute atomic E-state index is 14.5. The van der Waals surface area contributed by atoms with Gasteiger partial charge in [0.1, 0.15) is 11.9 Å². The van der Waals surface area contributed by atoms with Gasteiger partial charge in [0.25, 0.3) is 0 Å². The second-order valence-corrected chi connectivity index (χ2v) is 8.77. The van der Waals surface area contributed by atoms with Crippen LogP contribution in [0.4, 0.5) is 20.6 Å². The molecule has 10 heteroatoms. The molecule has 2 amide bonds. The molecule has 1 fully saturated rings. The molecule has 30 heavy (non-hydrogen) atoms. The number of aryl methyl sites for hydroxylation is 1. The van der Waals surface area contributed by atoms with E-state index in [1.54, 1.807) is 12.1 Å². The van der Waals surface area contributed by atoms with Crippen LogP contribution in [0.15, 0.2) is 47.4 Å². The smallest absolute Gasteiger partial charge is 0.324 e. The summed E-state index contributed by atoms with van der Waals surface area (Å²) in [5, 5.41) is 4.91. The van der Waals surface area contributed by atoms with Crippen LogP contribution in [0.3, 0.4) is 0 Å². The van der Waals surface area contributed by atoms with Crippen molar-refractivity contribution in [3.05, 3.63) is 53.8 Å². The van der Waals surface area contributed by atoms with Crippen molar-refractivity contribution < 1.29 is 27.1 Å². The Hall–Kier alpha value is -2.98. The molecule has 0 bridgehead atoms. The standard InChI is InChI=1S/C20H22FN3O5S/c1-13-5-7-14(8-6-13)22-20(26)23-17-10-9-15(12-16(17)21)30(27,28)24-11-3-4-18(24)19(25)29-2/h5-10,12,18H,3-4,11H2,1-2H3,(H2,22,23,26)/t18-/m0/s1. The van der Waals surface area contributed by atoms with Crippen LogP contribution in [0.1, 0.15) is 18.4 Å². The minimum Gasteiger partial charge on any atom is -0.468 e. The Morgan fingerprint density at radius 1 is 1.13 bits per heavy atom. The highest BCUT2D eigenvalue weighted by Crippen LogP contribution is 2.28. The van der Waals surface area contributed by atoms with Crippen molar-refractivity contribution in [1.82, 2.24) is 4.31 Å². The first kappa shape index (κ1) is 21.7. The van der Waals surface area contributed by atoms with E-state index in [0.29, 0.717) is 18.5 Å². The molecule has 2 aromatic carbocycles. The van der Waals surface area contributed by atoms with E-state index in [-0.39, 0.29) is 17.1 Å². The Morgan fingerprint density at radius 3 is 2.47 bits per heavy atom. The van der Waals surface area contributed by atoms with Gasteiger partial charge < -0.3 is 15.4 Å². The first-order chi connectivity index (χ1) is 14.2. The Labute approximate surface area is 174 Å². The molecule has 160 valence electrons. The van der Waals surface area contributed by atoms with Gasteiger partial charge in [0.2, 0.25) is 10.0 Å². The van der Waals surface area contributed by atoms with Crippen LogP contribution in [-0.4, -0.2) is 44.4 Å². The molecule has 0 saturated carbocycles. The van der Waals surface area contributed by atoms with Crippen LogP contribution in [0.5, 0.6) is 0 Å². The van der Waals surface area contributed by atoms with Crippen LogP contribution < -0.4 is 10.6 Å². The van der Waals surface area contributed by atoms with E-state index in [4.69, 9.17) is 0 Å². The van der Waals surface area contributed by atoms with Crippen LogP contribution in [0, 0.1) is 12.7 Å². The van der Waals surface area contributed by atoms with Crippen molar-refractivity contribution in [3.63, 3.8) is 0 Å². The van der Waals surface area contributed by atoms with Crippen LogP contribution in [0.25, 0.3) is 0 Å². The average Bonchev–Trinajstić information content (AvgIpc) is 3.21. The second kappa shape index (κ2) is 8.80. The molecule has 2 N–H and O–H groups in total. The fourth-order valence-corrected chi connectivity index (χ4v) is 4.87. The van der Waals surface area contributed by atoms with E-state index in [2.05, 4.69) is 15.4 Å². The number of nitrogens with one attached hydrogen (secondary N) is 2. The van der Waals surface area contributed by atoms with E-state index in [1.807, 2.05) is 19.1 Å². The molecule has 1 atom stereocenters. The molecule has 1 heterocycles. The molecule has 3 rings (SSSR count). The van der Waals surface area contributed by atoms with Gasteiger partial charge in [-0.1, -0.05) is 17.7 Å². The zero-order valence-electron chi connectivity index (χ0n) is 16.5. The lowest BCUT2D eigenvalue weighted by atomic mass is 10.2. The van der Waals surface area contributed by atoms with Crippen LogP contribution in [0.2, 0.25) is 0 Å². The molecule has 0 aromatic heterocycles. The molecule has 1 aliphatic rings. The van der Waals surface area contributed by atoms with Gasteiger partial charge in [0, 0.05) is 12.2 Å². The van der Waals surface area contributed by atoms with Gasteiger partial charge >= 0.3 is 12.0 Å². The first-order valence-corrected chi connectivity index (χ1v) is 10.7. The monoisotopic (exact) mass is 435 g/mol. The van der Waals surface area contributed by atoms with E-state index >= 15 is 0 Å².